The first-order valence-corrected chi connectivity index (χ1v) is 7.93. The molecule has 0 amide bonds. The van der Waals surface area contributed by atoms with Crippen LogP contribution in [0.1, 0.15) is 51.5 Å². The van der Waals surface area contributed by atoms with E-state index in [-0.39, 0.29) is 11.5 Å². The van der Waals surface area contributed by atoms with E-state index in [0.717, 1.165) is 25.0 Å². The Labute approximate surface area is 128 Å². The Morgan fingerprint density at radius 1 is 1.33 bits per heavy atom. The van der Waals surface area contributed by atoms with Gasteiger partial charge in [-0.2, -0.15) is 0 Å². The zero-order valence-corrected chi connectivity index (χ0v) is 13.7. The molecule has 0 radical (unpaired) electrons. The monoisotopic (exact) mass is 291 g/mol. The fraction of sp³-hybridized carbons (Fsp3) is 0.667. The topological polar surface area (TPSA) is 41.5 Å². The summed E-state index contributed by atoms with van der Waals surface area (Å²) in [7, 11) is 1.71. The van der Waals surface area contributed by atoms with Gasteiger partial charge in [-0.1, -0.05) is 32.9 Å². The number of methoxy groups -OCH3 is 1. The molecule has 1 atom stereocenters. The molecule has 3 nitrogen and oxygen atoms in total. The van der Waals surface area contributed by atoms with Crippen molar-refractivity contribution in [3.8, 4) is 5.75 Å². The first-order valence-electron chi connectivity index (χ1n) is 7.93. The molecule has 2 N–H and O–H groups in total. The SMILES string of the molecule is COc1cccc(C2CC(NCC(O)CC(C)(C)C)C2)c1. The zero-order valence-electron chi connectivity index (χ0n) is 13.7. The summed E-state index contributed by atoms with van der Waals surface area (Å²) >= 11 is 0. The molecule has 0 saturated heterocycles. The van der Waals surface area contributed by atoms with Gasteiger partial charge in [0.15, 0.2) is 0 Å². The van der Waals surface area contributed by atoms with Crippen molar-refractivity contribution in [3.63, 3.8) is 0 Å². The number of aliphatic hydroxyl groups is 1. The minimum Gasteiger partial charge on any atom is -0.497 e. The van der Waals surface area contributed by atoms with Gasteiger partial charge in [-0.25, -0.2) is 0 Å². The van der Waals surface area contributed by atoms with Crippen LogP contribution in [0.25, 0.3) is 0 Å². The van der Waals surface area contributed by atoms with Gasteiger partial charge in [0, 0.05) is 12.6 Å². The second kappa shape index (κ2) is 6.80. The number of hydrogen-bond donors (Lipinski definition) is 2. The number of hydrogen-bond acceptors (Lipinski definition) is 3. The van der Waals surface area contributed by atoms with Crippen LogP contribution in [-0.4, -0.2) is 30.9 Å². The molecular weight excluding hydrogens is 262 g/mol. The van der Waals surface area contributed by atoms with E-state index in [2.05, 4.69) is 44.3 Å². The van der Waals surface area contributed by atoms with E-state index in [1.807, 2.05) is 6.07 Å². The van der Waals surface area contributed by atoms with E-state index >= 15 is 0 Å². The van der Waals surface area contributed by atoms with E-state index in [4.69, 9.17) is 4.74 Å². The number of benzene rings is 1. The van der Waals surface area contributed by atoms with Crippen LogP contribution in [-0.2, 0) is 0 Å². The van der Waals surface area contributed by atoms with Crippen LogP contribution in [0, 0.1) is 5.41 Å². The summed E-state index contributed by atoms with van der Waals surface area (Å²) in [5, 5.41) is 13.5. The van der Waals surface area contributed by atoms with Crippen molar-refractivity contribution in [1.29, 1.82) is 0 Å². The third kappa shape index (κ3) is 5.01. The molecule has 118 valence electrons. The molecular formula is C18H29NO2. The molecule has 1 fully saturated rings. The van der Waals surface area contributed by atoms with Gasteiger partial charge in [0.25, 0.3) is 0 Å². The first kappa shape index (κ1) is 16.3. The smallest absolute Gasteiger partial charge is 0.119 e. The van der Waals surface area contributed by atoms with E-state index in [0.29, 0.717) is 18.5 Å². The van der Waals surface area contributed by atoms with E-state index in [9.17, 15) is 5.11 Å². The normalized spacial score (nSPS) is 23.5. The lowest BCUT2D eigenvalue weighted by atomic mass is 9.75. The van der Waals surface area contributed by atoms with Crippen LogP contribution in [0.2, 0.25) is 0 Å². The fourth-order valence-corrected chi connectivity index (χ4v) is 3.03. The maximum atomic E-state index is 10.0. The molecule has 1 unspecified atom stereocenters. The van der Waals surface area contributed by atoms with Crippen LogP contribution in [0.4, 0.5) is 0 Å². The zero-order chi connectivity index (χ0) is 15.5. The standard InChI is InChI=1S/C18H29NO2/c1-18(2,3)11-16(20)12-19-15-8-14(9-15)13-6-5-7-17(10-13)21-4/h5-7,10,14-16,19-20H,8-9,11-12H2,1-4H3. The Kier molecular flexibility index (Phi) is 5.28. The van der Waals surface area contributed by atoms with Gasteiger partial charge in [0.05, 0.1) is 13.2 Å². The van der Waals surface area contributed by atoms with Gasteiger partial charge in [0.2, 0.25) is 0 Å². The molecule has 0 bridgehead atoms. The highest BCUT2D eigenvalue weighted by atomic mass is 16.5. The Morgan fingerprint density at radius 3 is 2.67 bits per heavy atom. The highest BCUT2D eigenvalue weighted by molar-refractivity contribution is 5.32. The van der Waals surface area contributed by atoms with Crippen LogP contribution >= 0.6 is 0 Å². The molecule has 1 aromatic rings. The van der Waals surface area contributed by atoms with Crippen molar-refractivity contribution in [2.75, 3.05) is 13.7 Å². The average molecular weight is 291 g/mol. The summed E-state index contributed by atoms with van der Waals surface area (Å²) in [5.41, 5.74) is 1.55. The summed E-state index contributed by atoms with van der Waals surface area (Å²) in [6, 6.07) is 8.89. The van der Waals surface area contributed by atoms with Crippen LogP contribution in [0.15, 0.2) is 24.3 Å². The average Bonchev–Trinajstić information content (AvgIpc) is 2.35. The highest BCUT2D eigenvalue weighted by Gasteiger charge is 2.30. The lowest BCUT2D eigenvalue weighted by molar-refractivity contribution is 0.110. The van der Waals surface area contributed by atoms with Crippen LogP contribution in [0.5, 0.6) is 5.75 Å². The second-order valence-electron chi connectivity index (χ2n) is 7.47. The number of aliphatic hydroxyl groups excluding tert-OH is 1. The van der Waals surface area contributed by atoms with Gasteiger partial charge in [-0.3, -0.25) is 0 Å². The largest absolute Gasteiger partial charge is 0.497 e. The highest BCUT2D eigenvalue weighted by Crippen LogP contribution is 2.38. The minimum absolute atomic E-state index is 0.184. The Balaban J connectivity index is 1.72. The van der Waals surface area contributed by atoms with Crippen molar-refractivity contribution in [1.82, 2.24) is 5.32 Å². The van der Waals surface area contributed by atoms with Crippen molar-refractivity contribution in [2.45, 2.75) is 58.1 Å². The van der Waals surface area contributed by atoms with Crippen molar-refractivity contribution in [3.05, 3.63) is 29.8 Å². The molecule has 1 aliphatic carbocycles. The molecule has 1 saturated carbocycles. The molecule has 0 aromatic heterocycles. The molecule has 3 heteroatoms. The summed E-state index contributed by atoms with van der Waals surface area (Å²) in [6.45, 7) is 7.20. The first-order chi connectivity index (χ1) is 9.87. The Morgan fingerprint density at radius 2 is 2.05 bits per heavy atom. The summed E-state index contributed by atoms with van der Waals surface area (Å²) in [5.74, 6) is 1.56. The molecule has 0 aliphatic heterocycles. The van der Waals surface area contributed by atoms with Gasteiger partial charge in [-0.05, 0) is 48.3 Å². The van der Waals surface area contributed by atoms with Crippen LogP contribution in [0.3, 0.4) is 0 Å². The molecule has 1 aromatic carbocycles. The number of nitrogens with one attached hydrogen (secondary N) is 1. The summed E-state index contributed by atoms with van der Waals surface area (Å²) < 4.78 is 5.28. The predicted molar refractivity (Wildman–Crippen MR) is 86.8 cm³/mol. The number of rotatable bonds is 6. The van der Waals surface area contributed by atoms with E-state index < -0.39 is 0 Å². The molecule has 2 rings (SSSR count). The molecule has 1 aliphatic rings. The number of ether oxygens (including phenoxy) is 1. The quantitative estimate of drug-likeness (QED) is 0.845. The van der Waals surface area contributed by atoms with Crippen molar-refractivity contribution >= 4 is 0 Å². The summed E-state index contributed by atoms with van der Waals surface area (Å²) in [4.78, 5) is 0. The molecule has 0 spiro atoms. The van der Waals surface area contributed by atoms with Gasteiger partial charge < -0.3 is 15.2 Å². The predicted octanol–water partition coefficient (Wildman–Crippen LogP) is 3.33. The Hall–Kier alpha value is -1.06. The van der Waals surface area contributed by atoms with E-state index in [1.165, 1.54) is 5.56 Å². The van der Waals surface area contributed by atoms with Crippen LogP contribution < -0.4 is 10.1 Å². The van der Waals surface area contributed by atoms with Gasteiger partial charge in [0.1, 0.15) is 5.75 Å². The maximum Gasteiger partial charge on any atom is 0.119 e. The molecule has 21 heavy (non-hydrogen) atoms. The maximum absolute atomic E-state index is 10.0. The second-order valence-corrected chi connectivity index (χ2v) is 7.47. The van der Waals surface area contributed by atoms with Crippen molar-refractivity contribution in [2.24, 2.45) is 5.41 Å². The lowest BCUT2D eigenvalue weighted by Gasteiger charge is -2.37. The summed E-state index contributed by atoms with van der Waals surface area (Å²) in [6.07, 6.45) is 2.89. The van der Waals surface area contributed by atoms with E-state index in [1.54, 1.807) is 7.11 Å². The Bertz CT molecular complexity index is 447. The third-order valence-corrected chi connectivity index (χ3v) is 4.19. The van der Waals surface area contributed by atoms with Gasteiger partial charge >= 0.3 is 0 Å². The van der Waals surface area contributed by atoms with Gasteiger partial charge in [-0.15, -0.1) is 0 Å². The molecule has 0 heterocycles. The third-order valence-electron chi connectivity index (χ3n) is 4.19. The fourth-order valence-electron chi connectivity index (χ4n) is 3.03. The van der Waals surface area contributed by atoms with Crippen molar-refractivity contribution < 1.29 is 9.84 Å². The lowest BCUT2D eigenvalue weighted by Crippen LogP contribution is -2.44. The minimum atomic E-state index is -0.249.